The van der Waals surface area contributed by atoms with Crippen LogP contribution in [0.15, 0.2) is 48.5 Å². The van der Waals surface area contributed by atoms with Crippen LogP contribution in [0.2, 0.25) is 0 Å². The number of nitrogen functional groups attached to an aromatic ring is 1. The lowest BCUT2D eigenvalue weighted by molar-refractivity contribution is 0.315. The Labute approximate surface area is 118 Å². The molecule has 0 heterocycles. The minimum absolute atomic E-state index is 0.564. The Morgan fingerprint density at radius 2 is 1.95 bits per heavy atom. The Morgan fingerprint density at radius 1 is 1.15 bits per heavy atom. The molecule has 0 amide bonds. The first-order chi connectivity index (χ1) is 9.79. The molecule has 102 valence electrons. The molecule has 2 rings (SSSR count). The number of nitrogens with one attached hydrogen (secondary N) is 1. The molecule has 0 radical (unpaired) electrons. The van der Waals surface area contributed by atoms with Gasteiger partial charge in [-0.15, -0.1) is 0 Å². The highest BCUT2D eigenvalue weighted by molar-refractivity contribution is 5.62. The van der Waals surface area contributed by atoms with Crippen LogP contribution in [-0.4, -0.2) is 13.2 Å². The van der Waals surface area contributed by atoms with Crippen LogP contribution in [0.5, 0.6) is 5.75 Å². The zero-order valence-corrected chi connectivity index (χ0v) is 11.2. The monoisotopic (exact) mass is 267 g/mol. The van der Waals surface area contributed by atoms with Gasteiger partial charge in [0.15, 0.2) is 0 Å². The van der Waals surface area contributed by atoms with Crippen LogP contribution >= 0.6 is 0 Å². The number of hydrogen-bond acceptors (Lipinski definition) is 4. The van der Waals surface area contributed by atoms with Crippen molar-refractivity contribution in [2.24, 2.45) is 0 Å². The molecule has 0 aliphatic heterocycles. The SMILES string of the molecule is N#Cc1cc(N)ccc1NCCCOc1ccccc1. The third kappa shape index (κ3) is 3.92. The molecule has 0 aliphatic rings. The van der Waals surface area contributed by atoms with Crippen LogP contribution in [0.1, 0.15) is 12.0 Å². The van der Waals surface area contributed by atoms with Crippen molar-refractivity contribution in [3.05, 3.63) is 54.1 Å². The lowest BCUT2D eigenvalue weighted by atomic mass is 10.1. The van der Waals surface area contributed by atoms with Crippen LogP contribution in [0.3, 0.4) is 0 Å². The summed E-state index contributed by atoms with van der Waals surface area (Å²) in [5.74, 6) is 0.873. The first-order valence-electron chi connectivity index (χ1n) is 6.51. The zero-order chi connectivity index (χ0) is 14.2. The largest absolute Gasteiger partial charge is 0.494 e. The average Bonchev–Trinajstić information content (AvgIpc) is 2.49. The molecule has 0 unspecified atom stereocenters. The molecule has 0 aromatic heterocycles. The Hall–Kier alpha value is -2.67. The van der Waals surface area contributed by atoms with Gasteiger partial charge >= 0.3 is 0 Å². The van der Waals surface area contributed by atoms with Gasteiger partial charge in [-0.2, -0.15) is 5.26 Å². The van der Waals surface area contributed by atoms with Crippen LogP contribution < -0.4 is 15.8 Å². The van der Waals surface area contributed by atoms with Crippen molar-refractivity contribution in [2.75, 3.05) is 24.2 Å². The first kappa shape index (κ1) is 13.8. The predicted molar refractivity (Wildman–Crippen MR) is 80.6 cm³/mol. The van der Waals surface area contributed by atoms with Crippen molar-refractivity contribution in [1.82, 2.24) is 0 Å². The summed E-state index contributed by atoms with van der Waals surface area (Å²) >= 11 is 0. The molecule has 3 N–H and O–H groups in total. The second-order valence-corrected chi connectivity index (χ2v) is 4.36. The Balaban J connectivity index is 1.75. The fourth-order valence-electron chi connectivity index (χ4n) is 1.81. The van der Waals surface area contributed by atoms with Gasteiger partial charge in [0.1, 0.15) is 11.8 Å². The van der Waals surface area contributed by atoms with Gasteiger partial charge < -0.3 is 15.8 Å². The molecule has 4 heteroatoms. The molecule has 0 fully saturated rings. The molecule has 0 bridgehead atoms. The number of benzene rings is 2. The van der Waals surface area contributed by atoms with E-state index in [0.717, 1.165) is 24.4 Å². The van der Waals surface area contributed by atoms with Crippen molar-refractivity contribution < 1.29 is 4.74 Å². The summed E-state index contributed by atoms with van der Waals surface area (Å²) < 4.78 is 5.59. The average molecular weight is 267 g/mol. The van der Waals surface area contributed by atoms with Gasteiger partial charge in [-0.05, 0) is 36.8 Å². The molecule has 0 saturated heterocycles. The number of anilines is 2. The Morgan fingerprint density at radius 3 is 2.70 bits per heavy atom. The molecule has 0 spiro atoms. The highest BCUT2D eigenvalue weighted by atomic mass is 16.5. The van der Waals surface area contributed by atoms with Crippen molar-refractivity contribution in [1.29, 1.82) is 5.26 Å². The fraction of sp³-hybridized carbons (Fsp3) is 0.188. The number of hydrogen-bond donors (Lipinski definition) is 2. The summed E-state index contributed by atoms with van der Waals surface area (Å²) in [5, 5.41) is 12.2. The number of ether oxygens (including phenoxy) is 1. The molecule has 2 aromatic carbocycles. The van der Waals surface area contributed by atoms with E-state index in [2.05, 4.69) is 11.4 Å². The van der Waals surface area contributed by atoms with E-state index in [1.54, 1.807) is 12.1 Å². The summed E-state index contributed by atoms with van der Waals surface area (Å²) in [7, 11) is 0. The molecule has 0 aliphatic carbocycles. The van der Waals surface area contributed by atoms with E-state index in [4.69, 9.17) is 15.7 Å². The number of para-hydroxylation sites is 1. The molecule has 0 saturated carbocycles. The van der Waals surface area contributed by atoms with E-state index >= 15 is 0 Å². The van der Waals surface area contributed by atoms with E-state index in [-0.39, 0.29) is 0 Å². The maximum absolute atomic E-state index is 9.02. The Bertz CT molecular complexity index is 590. The summed E-state index contributed by atoms with van der Waals surface area (Å²) in [5.41, 5.74) is 7.61. The molecule has 2 aromatic rings. The van der Waals surface area contributed by atoms with E-state index in [9.17, 15) is 0 Å². The van der Waals surface area contributed by atoms with Crippen LogP contribution in [-0.2, 0) is 0 Å². The molecule has 20 heavy (non-hydrogen) atoms. The lowest BCUT2D eigenvalue weighted by Crippen LogP contribution is -2.08. The summed E-state index contributed by atoms with van der Waals surface area (Å²) in [4.78, 5) is 0. The van der Waals surface area contributed by atoms with Gasteiger partial charge in [0, 0.05) is 12.2 Å². The van der Waals surface area contributed by atoms with Crippen LogP contribution in [0.4, 0.5) is 11.4 Å². The van der Waals surface area contributed by atoms with E-state index in [1.807, 2.05) is 36.4 Å². The normalized spacial score (nSPS) is 9.75. The number of nitrogens with zero attached hydrogens (tertiary/aromatic N) is 1. The van der Waals surface area contributed by atoms with Crippen molar-refractivity contribution in [3.63, 3.8) is 0 Å². The highest BCUT2D eigenvalue weighted by Gasteiger charge is 2.01. The van der Waals surface area contributed by atoms with Crippen molar-refractivity contribution in [3.8, 4) is 11.8 Å². The van der Waals surface area contributed by atoms with Gasteiger partial charge in [0.25, 0.3) is 0 Å². The first-order valence-corrected chi connectivity index (χ1v) is 6.51. The fourth-order valence-corrected chi connectivity index (χ4v) is 1.81. The summed E-state index contributed by atoms with van der Waals surface area (Å²) in [6.07, 6.45) is 0.851. The topological polar surface area (TPSA) is 71.1 Å². The quantitative estimate of drug-likeness (QED) is 0.623. The molecule has 0 atom stereocenters. The third-order valence-electron chi connectivity index (χ3n) is 2.81. The predicted octanol–water partition coefficient (Wildman–Crippen LogP) is 3.02. The number of rotatable bonds is 6. The Kier molecular flexibility index (Phi) is 4.85. The minimum atomic E-state index is 0.564. The smallest absolute Gasteiger partial charge is 0.119 e. The van der Waals surface area contributed by atoms with Gasteiger partial charge in [-0.25, -0.2) is 0 Å². The summed E-state index contributed by atoms with van der Waals surface area (Å²) in [6.45, 7) is 1.37. The minimum Gasteiger partial charge on any atom is -0.494 e. The molecular weight excluding hydrogens is 250 g/mol. The van der Waals surface area contributed by atoms with E-state index < -0.39 is 0 Å². The maximum Gasteiger partial charge on any atom is 0.119 e. The zero-order valence-electron chi connectivity index (χ0n) is 11.2. The van der Waals surface area contributed by atoms with Gasteiger partial charge in [0.05, 0.1) is 17.9 Å². The second kappa shape index (κ2) is 7.05. The van der Waals surface area contributed by atoms with Gasteiger partial charge in [0.2, 0.25) is 0 Å². The third-order valence-corrected chi connectivity index (χ3v) is 2.81. The highest BCUT2D eigenvalue weighted by Crippen LogP contribution is 2.17. The van der Waals surface area contributed by atoms with Crippen LogP contribution in [0, 0.1) is 11.3 Å². The molecular formula is C16H17N3O. The van der Waals surface area contributed by atoms with Crippen molar-refractivity contribution >= 4 is 11.4 Å². The molecule has 4 nitrogen and oxygen atoms in total. The maximum atomic E-state index is 9.02. The van der Waals surface area contributed by atoms with Gasteiger partial charge in [-0.1, -0.05) is 18.2 Å². The summed E-state index contributed by atoms with van der Waals surface area (Å²) in [6, 6.07) is 17.1. The van der Waals surface area contributed by atoms with Gasteiger partial charge in [-0.3, -0.25) is 0 Å². The van der Waals surface area contributed by atoms with E-state index in [0.29, 0.717) is 17.9 Å². The van der Waals surface area contributed by atoms with Crippen molar-refractivity contribution in [2.45, 2.75) is 6.42 Å². The standard InChI is InChI=1S/C16H17N3O/c17-12-13-11-14(18)7-8-16(13)19-9-4-10-20-15-5-2-1-3-6-15/h1-3,5-8,11,19H,4,9-10,18H2. The second-order valence-electron chi connectivity index (χ2n) is 4.36. The number of nitriles is 1. The lowest BCUT2D eigenvalue weighted by Gasteiger charge is -2.09. The number of nitrogens with two attached hydrogens (primary N) is 1. The van der Waals surface area contributed by atoms with Crippen LogP contribution in [0.25, 0.3) is 0 Å². The van der Waals surface area contributed by atoms with E-state index in [1.165, 1.54) is 0 Å².